The lowest BCUT2D eigenvalue weighted by molar-refractivity contribution is -0.176. The van der Waals surface area contributed by atoms with E-state index in [9.17, 15) is 41.6 Å². The lowest BCUT2D eigenvalue weighted by Crippen LogP contribution is -2.61. The number of nitriles is 1. The standard InChI is InChI=1S/C21H26F5N5O3S/c1-19(2,3)14(30-18(34)21(24,25)26)17(33)31-8-11-12(20(11,22)23)13(31)15(32)29-10(7-27)6-9-4-5-28-16(9)35/h9-14H,4-6,8H2,1-3H3,(H,28,35)(H,29,32)(H,30,34)/t9-,10-,11-,12-,13-,14+/m0/s1. The van der Waals surface area contributed by atoms with Crippen LogP contribution in [-0.2, 0) is 14.4 Å². The highest BCUT2D eigenvalue weighted by Gasteiger charge is 2.78. The maximum Gasteiger partial charge on any atom is 0.471 e. The van der Waals surface area contributed by atoms with Gasteiger partial charge >= 0.3 is 12.1 Å². The second kappa shape index (κ2) is 9.15. The summed E-state index contributed by atoms with van der Waals surface area (Å²) in [5, 5.41) is 16.5. The number of carbonyl (C=O) groups is 3. The second-order valence-corrected chi connectivity index (χ2v) is 10.7. The van der Waals surface area contributed by atoms with Crippen LogP contribution in [0.5, 0.6) is 0 Å². The minimum atomic E-state index is -5.27. The fourth-order valence-electron chi connectivity index (χ4n) is 4.72. The van der Waals surface area contributed by atoms with E-state index in [0.717, 1.165) is 4.90 Å². The van der Waals surface area contributed by atoms with Crippen molar-refractivity contribution in [1.82, 2.24) is 20.9 Å². The maximum absolute atomic E-state index is 14.3. The zero-order chi connectivity index (χ0) is 26.5. The maximum atomic E-state index is 14.3. The quantitative estimate of drug-likeness (QED) is 0.359. The van der Waals surface area contributed by atoms with Gasteiger partial charge in [0.25, 0.3) is 5.92 Å². The van der Waals surface area contributed by atoms with Gasteiger partial charge in [-0.05, 0) is 18.3 Å². The molecule has 0 unspecified atom stereocenters. The number of hydrogen-bond acceptors (Lipinski definition) is 5. The lowest BCUT2D eigenvalue weighted by atomic mass is 9.85. The number of nitrogens with one attached hydrogen (secondary N) is 3. The highest BCUT2D eigenvalue weighted by Crippen LogP contribution is 2.62. The molecule has 194 valence electrons. The van der Waals surface area contributed by atoms with Crippen molar-refractivity contribution in [3.05, 3.63) is 0 Å². The van der Waals surface area contributed by atoms with Crippen LogP contribution in [0.25, 0.3) is 0 Å². The first kappa shape index (κ1) is 27.0. The van der Waals surface area contributed by atoms with Crippen molar-refractivity contribution in [3.8, 4) is 6.07 Å². The van der Waals surface area contributed by atoms with E-state index in [0.29, 0.717) is 18.0 Å². The summed E-state index contributed by atoms with van der Waals surface area (Å²) in [6.45, 7) is 4.25. The topological polar surface area (TPSA) is 114 Å². The summed E-state index contributed by atoms with van der Waals surface area (Å²) >= 11 is 5.16. The van der Waals surface area contributed by atoms with Crippen LogP contribution in [-0.4, -0.2) is 70.9 Å². The third-order valence-corrected chi connectivity index (χ3v) is 7.16. The first-order valence-electron chi connectivity index (χ1n) is 11.0. The Kier molecular flexibility index (Phi) is 7.06. The van der Waals surface area contributed by atoms with Gasteiger partial charge in [-0.1, -0.05) is 33.0 Å². The summed E-state index contributed by atoms with van der Waals surface area (Å²) in [7, 11) is 0. The molecule has 6 atom stereocenters. The Labute approximate surface area is 203 Å². The van der Waals surface area contributed by atoms with Gasteiger partial charge in [-0.2, -0.15) is 18.4 Å². The van der Waals surface area contributed by atoms with Crippen molar-refractivity contribution in [2.45, 2.75) is 63.8 Å². The Balaban J connectivity index is 1.81. The van der Waals surface area contributed by atoms with Gasteiger partial charge in [0.05, 0.1) is 22.9 Å². The fraction of sp³-hybridized carbons (Fsp3) is 0.762. The molecule has 14 heteroatoms. The van der Waals surface area contributed by atoms with E-state index in [2.05, 4.69) is 10.6 Å². The second-order valence-electron chi connectivity index (χ2n) is 10.2. The van der Waals surface area contributed by atoms with E-state index in [1.54, 1.807) is 5.32 Å². The van der Waals surface area contributed by atoms with Crippen LogP contribution >= 0.6 is 12.2 Å². The van der Waals surface area contributed by atoms with Crippen LogP contribution in [0.4, 0.5) is 22.0 Å². The Bertz CT molecular complexity index is 960. The van der Waals surface area contributed by atoms with Gasteiger partial charge in [0.2, 0.25) is 11.8 Å². The van der Waals surface area contributed by atoms with Gasteiger partial charge in [0, 0.05) is 19.0 Å². The summed E-state index contributed by atoms with van der Waals surface area (Å²) in [5.74, 6) is -10.7. The monoisotopic (exact) mass is 523 g/mol. The molecule has 8 nitrogen and oxygen atoms in total. The lowest BCUT2D eigenvalue weighted by Gasteiger charge is -2.37. The minimum absolute atomic E-state index is 0.144. The molecule has 1 saturated carbocycles. The molecule has 0 aromatic rings. The predicted molar refractivity (Wildman–Crippen MR) is 116 cm³/mol. The number of amides is 3. The summed E-state index contributed by atoms with van der Waals surface area (Å²) in [6.07, 6.45) is -4.49. The molecule has 0 radical (unpaired) electrons. The molecule has 3 amide bonds. The van der Waals surface area contributed by atoms with E-state index in [1.165, 1.54) is 20.8 Å². The predicted octanol–water partition coefficient (Wildman–Crippen LogP) is 1.51. The SMILES string of the molecule is CC(C)(C)[C@H](NC(=O)C(F)(F)F)C(=O)N1C[C@H]2[C@@H]([C@H]1C(=O)N[C@H](C#N)C[C@@H]1CCNC1=S)C2(F)F. The highest BCUT2D eigenvalue weighted by molar-refractivity contribution is 7.80. The summed E-state index contributed by atoms with van der Waals surface area (Å²) in [5.41, 5.74) is -1.23. The molecule has 0 aromatic heterocycles. The van der Waals surface area contributed by atoms with Gasteiger partial charge in [-0.25, -0.2) is 8.78 Å². The van der Waals surface area contributed by atoms with Crippen LogP contribution in [0.3, 0.4) is 0 Å². The van der Waals surface area contributed by atoms with Crippen molar-refractivity contribution < 1.29 is 36.3 Å². The van der Waals surface area contributed by atoms with Crippen molar-refractivity contribution in [1.29, 1.82) is 5.26 Å². The first-order valence-corrected chi connectivity index (χ1v) is 11.4. The number of carbonyl (C=O) groups excluding carboxylic acids is 3. The molecule has 3 N–H and O–H groups in total. The Morgan fingerprint density at radius 2 is 1.89 bits per heavy atom. The average molecular weight is 524 g/mol. The molecule has 2 saturated heterocycles. The zero-order valence-electron chi connectivity index (χ0n) is 19.2. The molecule has 2 heterocycles. The van der Waals surface area contributed by atoms with E-state index in [4.69, 9.17) is 12.2 Å². The zero-order valence-corrected chi connectivity index (χ0v) is 20.0. The number of fused-ring (bicyclic) bond motifs is 1. The van der Waals surface area contributed by atoms with Gasteiger partial charge in [-0.15, -0.1) is 0 Å². The number of nitrogens with zero attached hydrogens (tertiary/aromatic N) is 2. The molecule has 3 aliphatic rings. The number of rotatable bonds is 6. The van der Waals surface area contributed by atoms with E-state index >= 15 is 0 Å². The van der Waals surface area contributed by atoms with Crippen LogP contribution in [0, 0.1) is 34.5 Å². The van der Waals surface area contributed by atoms with Crippen molar-refractivity contribution in [2.75, 3.05) is 13.1 Å². The van der Waals surface area contributed by atoms with Crippen LogP contribution in [0.15, 0.2) is 0 Å². The summed E-state index contributed by atoms with van der Waals surface area (Å²) in [6, 6.07) is -2.60. The first-order chi connectivity index (χ1) is 16.0. The minimum Gasteiger partial charge on any atom is -0.379 e. The van der Waals surface area contributed by atoms with Gasteiger partial charge in [0.15, 0.2) is 0 Å². The fourth-order valence-corrected chi connectivity index (χ4v) is 5.03. The van der Waals surface area contributed by atoms with Crippen molar-refractivity contribution in [3.63, 3.8) is 0 Å². The normalized spacial score (nSPS) is 28.9. The van der Waals surface area contributed by atoms with Crippen LogP contribution in [0.2, 0.25) is 0 Å². The molecule has 0 spiro atoms. The summed E-state index contributed by atoms with van der Waals surface area (Å²) in [4.78, 5) is 39.2. The largest absolute Gasteiger partial charge is 0.471 e. The van der Waals surface area contributed by atoms with Gasteiger partial charge < -0.3 is 20.9 Å². The third-order valence-electron chi connectivity index (χ3n) is 6.69. The molecular formula is C21H26F5N5O3S. The van der Waals surface area contributed by atoms with E-state index < -0.39 is 71.7 Å². The molecule has 1 aliphatic carbocycles. The van der Waals surface area contributed by atoms with Crippen molar-refractivity contribution >= 4 is 34.9 Å². The van der Waals surface area contributed by atoms with Crippen LogP contribution in [0.1, 0.15) is 33.6 Å². The van der Waals surface area contributed by atoms with Crippen molar-refractivity contribution in [2.24, 2.45) is 23.2 Å². The van der Waals surface area contributed by atoms with Gasteiger partial charge in [-0.3, -0.25) is 14.4 Å². The van der Waals surface area contributed by atoms with E-state index in [-0.39, 0.29) is 12.3 Å². The highest BCUT2D eigenvalue weighted by atomic mass is 32.1. The Morgan fingerprint density at radius 1 is 1.26 bits per heavy atom. The number of hydrogen-bond donors (Lipinski definition) is 3. The summed E-state index contributed by atoms with van der Waals surface area (Å²) < 4.78 is 67.1. The smallest absolute Gasteiger partial charge is 0.379 e. The number of alkyl halides is 5. The Hall–Kier alpha value is -2.56. The molecular weight excluding hydrogens is 497 g/mol. The number of piperidine rings is 1. The molecule has 3 fully saturated rings. The number of halogens is 5. The van der Waals surface area contributed by atoms with Gasteiger partial charge in [0.1, 0.15) is 18.1 Å². The molecule has 3 rings (SSSR count). The molecule has 2 aliphatic heterocycles. The third kappa shape index (κ3) is 5.34. The molecule has 35 heavy (non-hydrogen) atoms. The number of thiocarbonyl (C=S) groups is 1. The molecule has 0 aromatic carbocycles. The average Bonchev–Trinajstić information content (AvgIpc) is 3.10. The Morgan fingerprint density at radius 3 is 2.37 bits per heavy atom. The number of likely N-dealkylation sites (tertiary alicyclic amines) is 1. The molecule has 0 bridgehead atoms. The van der Waals surface area contributed by atoms with Crippen LogP contribution < -0.4 is 16.0 Å². The van der Waals surface area contributed by atoms with E-state index in [1.807, 2.05) is 6.07 Å².